The Bertz CT molecular complexity index is 1170. The quantitative estimate of drug-likeness (QED) is 0.0146. The third-order valence-corrected chi connectivity index (χ3v) is 13.3. The summed E-state index contributed by atoms with van der Waals surface area (Å²) in [5, 5.41) is 50.2. The Balaban J connectivity index is 2.36. The normalized spacial score (nSPS) is 21.6. The maximum atomic E-state index is 12.8. The molecule has 0 aromatic carbocycles. The second kappa shape index (κ2) is 40.6. The number of phosphoric ester groups is 1. The van der Waals surface area contributed by atoms with E-state index in [9.17, 15) is 44.6 Å². The fourth-order valence-electron chi connectivity index (χ4n) is 8.15. The molecule has 0 radical (unpaired) electrons. The van der Waals surface area contributed by atoms with Crippen LogP contribution in [0.4, 0.5) is 0 Å². The fourth-order valence-corrected chi connectivity index (χ4v) is 9.13. The topological polar surface area (TPSA) is 210 Å². The molecule has 0 aromatic heterocycles. The number of hydrogen-bond donors (Lipinski definition) is 6. The Morgan fingerprint density at radius 3 is 1.23 bits per heavy atom. The van der Waals surface area contributed by atoms with Gasteiger partial charge in [0.15, 0.2) is 6.10 Å². The summed E-state index contributed by atoms with van der Waals surface area (Å²) in [5.74, 6) is -1.09. The summed E-state index contributed by atoms with van der Waals surface area (Å²) < 4.78 is 33.6. The van der Waals surface area contributed by atoms with Gasteiger partial charge in [0.25, 0.3) is 0 Å². The molecule has 0 heterocycles. The van der Waals surface area contributed by atoms with E-state index in [1.807, 2.05) is 0 Å². The van der Waals surface area contributed by atoms with E-state index in [1.165, 1.54) is 148 Å². The molecule has 6 N–H and O–H groups in total. The summed E-state index contributed by atoms with van der Waals surface area (Å²) in [4.78, 5) is 35.8. The summed E-state index contributed by atoms with van der Waals surface area (Å²) >= 11 is 0. The first-order valence-corrected chi connectivity index (χ1v) is 27.5. The SMILES string of the molecule is CCCC/C=C/CCCCCCCCCCCC(=O)O[C@@H](COC(=O)CCCCCCCCCCCCCCCCCCCCCC)COP(=O)(O)OC1C(O)C(O)C(O)[C@H](O)C1O. The van der Waals surface area contributed by atoms with Crippen LogP contribution in [0.15, 0.2) is 12.2 Å². The molecule has 6 unspecified atom stereocenters. The second-order valence-corrected chi connectivity index (χ2v) is 19.8. The van der Waals surface area contributed by atoms with E-state index in [0.29, 0.717) is 12.8 Å². The lowest BCUT2D eigenvalue weighted by Crippen LogP contribution is -2.64. The molecular formula is C50H95O13P. The highest BCUT2D eigenvalue weighted by molar-refractivity contribution is 7.47. The van der Waals surface area contributed by atoms with Crippen LogP contribution in [0.5, 0.6) is 0 Å². The summed E-state index contributed by atoms with van der Waals surface area (Å²) in [6, 6.07) is 0. The number of ether oxygens (including phenoxy) is 2. The van der Waals surface area contributed by atoms with E-state index >= 15 is 0 Å². The van der Waals surface area contributed by atoms with Crippen molar-refractivity contribution in [1.29, 1.82) is 0 Å². The zero-order chi connectivity index (χ0) is 47.1. The van der Waals surface area contributed by atoms with Crippen LogP contribution in [0.25, 0.3) is 0 Å². The van der Waals surface area contributed by atoms with Gasteiger partial charge in [-0.15, -0.1) is 0 Å². The molecule has 1 aliphatic rings. The minimum Gasteiger partial charge on any atom is -0.462 e. The smallest absolute Gasteiger partial charge is 0.462 e. The summed E-state index contributed by atoms with van der Waals surface area (Å²) in [5.41, 5.74) is 0. The van der Waals surface area contributed by atoms with Crippen molar-refractivity contribution in [3.05, 3.63) is 12.2 Å². The average molecular weight is 935 g/mol. The van der Waals surface area contributed by atoms with Crippen LogP contribution in [-0.2, 0) is 32.7 Å². The molecular weight excluding hydrogens is 840 g/mol. The highest BCUT2D eigenvalue weighted by Gasteiger charge is 2.51. The van der Waals surface area contributed by atoms with Crippen molar-refractivity contribution >= 4 is 19.8 Å². The van der Waals surface area contributed by atoms with Crippen molar-refractivity contribution in [3.63, 3.8) is 0 Å². The van der Waals surface area contributed by atoms with Crippen LogP contribution in [0.3, 0.4) is 0 Å². The minimum absolute atomic E-state index is 0.0987. The van der Waals surface area contributed by atoms with Gasteiger partial charge in [-0.3, -0.25) is 18.6 Å². The lowest BCUT2D eigenvalue weighted by molar-refractivity contribution is -0.220. The van der Waals surface area contributed by atoms with Gasteiger partial charge in [0.2, 0.25) is 0 Å². The maximum absolute atomic E-state index is 12.8. The number of allylic oxidation sites excluding steroid dienone is 2. The molecule has 0 spiro atoms. The van der Waals surface area contributed by atoms with Crippen molar-refractivity contribution in [3.8, 4) is 0 Å². The van der Waals surface area contributed by atoms with Gasteiger partial charge in [-0.1, -0.05) is 206 Å². The lowest BCUT2D eigenvalue weighted by atomic mass is 9.85. The Labute approximate surface area is 388 Å². The Kier molecular flexibility index (Phi) is 38.5. The van der Waals surface area contributed by atoms with Crippen LogP contribution in [0, 0.1) is 0 Å². The first-order valence-electron chi connectivity index (χ1n) is 26.0. The molecule has 1 saturated carbocycles. The number of carbonyl (C=O) groups is 2. The molecule has 0 amide bonds. The first-order chi connectivity index (χ1) is 30.9. The Morgan fingerprint density at radius 1 is 0.469 bits per heavy atom. The number of hydrogen-bond acceptors (Lipinski definition) is 12. The third kappa shape index (κ3) is 32.3. The number of unbranched alkanes of at least 4 members (excludes halogenated alkanes) is 30. The molecule has 1 fully saturated rings. The zero-order valence-electron chi connectivity index (χ0n) is 40.3. The molecule has 64 heavy (non-hydrogen) atoms. The van der Waals surface area contributed by atoms with Crippen LogP contribution >= 0.6 is 7.82 Å². The highest BCUT2D eigenvalue weighted by Crippen LogP contribution is 2.47. The van der Waals surface area contributed by atoms with E-state index in [0.717, 1.165) is 51.4 Å². The fraction of sp³-hybridized carbons (Fsp3) is 0.920. The largest absolute Gasteiger partial charge is 0.472 e. The number of rotatable bonds is 44. The van der Waals surface area contributed by atoms with Crippen molar-refractivity contribution < 1.29 is 63.1 Å². The minimum atomic E-state index is -5.12. The zero-order valence-corrected chi connectivity index (χ0v) is 41.2. The van der Waals surface area contributed by atoms with Gasteiger partial charge < -0.3 is 39.9 Å². The van der Waals surface area contributed by atoms with Crippen molar-refractivity contribution in [2.75, 3.05) is 13.2 Å². The average Bonchev–Trinajstić information content (AvgIpc) is 3.28. The molecule has 14 heteroatoms. The first kappa shape index (κ1) is 60.6. The number of aliphatic hydroxyl groups excluding tert-OH is 5. The monoisotopic (exact) mass is 935 g/mol. The van der Waals surface area contributed by atoms with E-state index < -0.39 is 75.7 Å². The third-order valence-electron chi connectivity index (χ3n) is 12.4. The maximum Gasteiger partial charge on any atom is 0.472 e. The molecule has 378 valence electrons. The Morgan fingerprint density at radius 2 is 0.812 bits per heavy atom. The molecule has 1 rings (SSSR count). The van der Waals surface area contributed by atoms with Gasteiger partial charge in [0.05, 0.1) is 6.61 Å². The predicted octanol–water partition coefficient (Wildman–Crippen LogP) is 11.0. The van der Waals surface area contributed by atoms with Gasteiger partial charge in [-0.25, -0.2) is 4.57 Å². The highest BCUT2D eigenvalue weighted by atomic mass is 31.2. The molecule has 0 bridgehead atoms. The molecule has 0 aliphatic heterocycles. The van der Waals surface area contributed by atoms with E-state index in [4.69, 9.17) is 18.5 Å². The standard InChI is InChI=1S/C50H95O13P/c1-3-5-7-9-11-13-15-17-19-20-21-22-23-25-26-28-30-32-34-36-38-43(51)60-40-42(41-61-64(58,59)63-50-48(56)46(54)45(53)47(55)49(50)57)62-44(52)39-37-35-33-31-29-27-24-18-16-14-12-10-8-6-4-2/h10,12,42,45-50,53-57H,3-9,11,13-41H2,1-2H3,(H,58,59)/b12-10+/t42-,45?,46-,47?,48?,49?,50?/m0/s1. The van der Waals surface area contributed by atoms with Gasteiger partial charge in [0.1, 0.15) is 43.2 Å². The van der Waals surface area contributed by atoms with Crippen LogP contribution in [-0.4, -0.2) is 98.3 Å². The molecule has 0 saturated heterocycles. The Hall–Kier alpha value is -1.41. The number of aliphatic hydroxyl groups is 5. The van der Waals surface area contributed by atoms with E-state index in [2.05, 4.69) is 26.0 Å². The van der Waals surface area contributed by atoms with Crippen molar-refractivity contribution in [2.24, 2.45) is 0 Å². The van der Waals surface area contributed by atoms with Crippen molar-refractivity contribution in [1.82, 2.24) is 0 Å². The van der Waals surface area contributed by atoms with Crippen LogP contribution in [0.2, 0.25) is 0 Å². The molecule has 0 aromatic rings. The summed E-state index contributed by atoms with van der Waals surface area (Å²) in [7, 11) is -5.12. The molecule has 1 aliphatic carbocycles. The second-order valence-electron chi connectivity index (χ2n) is 18.4. The number of phosphoric acid groups is 1. The van der Waals surface area contributed by atoms with Gasteiger partial charge >= 0.3 is 19.8 Å². The number of carbonyl (C=O) groups excluding carboxylic acids is 2. The number of esters is 2. The van der Waals surface area contributed by atoms with E-state index in [1.54, 1.807) is 0 Å². The lowest BCUT2D eigenvalue weighted by Gasteiger charge is -2.41. The molecule has 13 nitrogen and oxygen atoms in total. The summed E-state index contributed by atoms with van der Waals surface area (Å²) in [6.07, 6.45) is 31.2. The van der Waals surface area contributed by atoms with Gasteiger partial charge in [-0.2, -0.15) is 0 Å². The summed E-state index contributed by atoms with van der Waals surface area (Å²) in [6.45, 7) is 3.31. The van der Waals surface area contributed by atoms with Gasteiger partial charge in [-0.05, 0) is 32.1 Å². The van der Waals surface area contributed by atoms with Crippen LogP contribution in [0.1, 0.15) is 239 Å². The van der Waals surface area contributed by atoms with Crippen LogP contribution < -0.4 is 0 Å². The molecule has 8 atom stereocenters. The van der Waals surface area contributed by atoms with Gasteiger partial charge in [0, 0.05) is 12.8 Å². The predicted molar refractivity (Wildman–Crippen MR) is 254 cm³/mol. The van der Waals surface area contributed by atoms with E-state index in [-0.39, 0.29) is 12.8 Å². The van der Waals surface area contributed by atoms with Crippen molar-refractivity contribution in [2.45, 2.75) is 281 Å².